The van der Waals surface area contributed by atoms with Gasteiger partial charge in [0.05, 0.1) is 5.71 Å². The van der Waals surface area contributed by atoms with Gasteiger partial charge >= 0.3 is 0 Å². The quantitative estimate of drug-likeness (QED) is 0.469. The molecule has 0 spiro atoms. The summed E-state index contributed by atoms with van der Waals surface area (Å²) in [5, 5.41) is 9.49. The van der Waals surface area contributed by atoms with Gasteiger partial charge in [0.25, 0.3) is 0 Å². The Balaban J connectivity index is 2.80. The molecule has 0 saturated heterocycles. The molecule has 0 unspecified atom stereocenters. The van der Waals surface area contributed by atoms with E-state index in [0.717, 1.165) is 11.3 Å². The molecule has 0 aliphatic rings. The second-order valence-corrected chi connectivity index (χ2v) is 3.52. The van der Waals surface area contributed by atoms with Gasteiger partial charge in [0.2, 0.25) is 0 Å². The summed E-state index contributed by atoms with van der Waals surface area (Å²) in [5.41, 5.74) is 2.04. The van der Waals surface area contributed by atoms with E-state index < -0.39 is 0 Å². The molecule has 0 atom stereocenters. The summed E-state index contributed by atoms with van der Waals surface area (Å²) in [5.74, 6) is 0. The van der Waals surface area contributed by atoms with Crippen molar-refractivity contribution in [2.24, 2.45) is 5.10 Å². The van der Waals surface area contributed by atoms with E-state index in [-0.39, 0.29) is 0 Å². The summed E-state index contributed by atoms with van der Waals surface area (Å²) in [6, 6.07) is 10.0. The molecule has 1 aromatic rings. The van der Waals surface area contributed by atoms with E-state index in [1.165, 1.54) is 0 Å². The average Bonchev–Trinajstić information content (AvgIpc) is 2.29. The van der Waals surface area contributed by atoms with E-state index in [0.29, 0.717) is 5.11 Å². The number of rotatable bonds is 2. The lowest BCUT2D eigenvalue weighted by atomic mass is 10.1. The molecule has 1 N–H and O–H groups in total. The van der Waals surface area contributed by atoms with Gasteiger partial charge in [-0.25, -0.2) is 5.01 Å². The number of hydrazone groups is 1. The lowest BCUT2D eigenvalue weighted by molar-refractivity contribution is 0.537. The minimum atomic E-state index is 0.602. The fraction of sp³-hybridized carbons (Fsp3) is 0.273. The molecule has 0 radical (unpaired) electrons. The minimum absolute atomic E-state index is 0.602. The van der Waals surface area contributed by atoms with Gasteiger partial charge in [-0.15, -0.1) is 0 Å². The number of thiocarbonyl (C=S) groups is 1. The maximum atomic E-state index is 5.05. The first-order valence-electron chi connectivity index (χ1n) is 4.71. The molecule has 0 bridgehead atoms. The van der Waals surface area contributed by atoms with Crippen molar-refractivity contribution in [3.63, 3.8) is 0 Å². The highest BCUT2D eigenvalue weighted by Gasteiger charge is 2.01. The van der Waals surface area contributed by atoms with Crippen LogP contribution in [0.5, 0.6) is 0 Å². The molecular formula is C11H15N3S. The first kappa shape index (κ1) is 11.7. The van der Waals surface area contributed by atoms with Crippen molar-refractivity contribution < 1.29 is 0 Å². The van der Waals surface area contributed by atoms with Gasteiger partial charge in [-0.1, -0.05) is 30.3 Å². The van der Waals surface area contributed by atoms with Crippen LogP contribution in [0.2, 0.25) is 0 Å². The molecule has 80 valence electrons. The van der Waals surface area contributed by atoms with Crippen molar-refractivity contribution in [2.45, 2.75) is 6.92 Å². The van der Waals surface area contributed by atoms with Crippen LogP contribution in [-0.4, -0.2) is 29.9 Å². The second-order valence-electron chi connectivity index (χ2n) is 3.13. The van der Waals surface area contributed by atoms with E-state index in [1.54, 1.807) is 12.1 Å². The zero-order chi connectivity index (χ0) is 11.3. The summed E-state index contributed by atoms with van der Waals surface area (Å²) in [7, 11) is 3.61. The van der Waals surface area contributed by atoms with Crippen molar-refractivity contribution in [1.29, 1.82) is 0 Å². The van der Waals surface area contributed by atoms with Crippen molar-refractivity contribution in [3.8, 4) is 0 Å². The predicted octanol–water partition coefficient (Wildman–Crippen LogP) is 1.85. The summed E-state index contributed by atoms with van der Waals surface area (Å²) < 4.78 is 0. The van der Waals surface area contributed by atoms with Crippen LogP contribution in [0.15, 0.2) is 35.4 Å². The van der Waals surface area contributed by atoms with Crippen LogP contribution in [0.1, 0.15) is 12.5 Å². The zero-order valence-electron chi connectivity index (χ0n) is 9.19. The van der Waals surface area contributed by atoms with Crippen LogP contribution in [0.25, 0.3) is 0 Å². The minimum Gasteiger partial charge on any atom is -0.364 e. The van der Waals surface area contributed by atoms with Gasteiger partial charge in [0, 0.05) is 14.1 Å². The van der Waals surface area contributed by atoms with Gasteiger partial charge in [-0.2, -0.15) is 5.10 Å². The number of benzene rings is 1. The molecule has 1 aromatic carbocycles. The van der Waals surface area contributed by atoms with Gasteiger partial charge in [0.15, 0.2) is 5.11 Å². The molecule has 0 aliphatic carbocycles. The topological polar surface area (TPSA) is 27.6 Å². The van der Waals surface area contributed by atoms with Crippen LogP contribution in [-0.2, 0) is 0 Å². The smallest absolute Gasteiger partial charge is 0.189 e. The van der Waals surface area contributed by atoms with Crippen molar-refractivity contribution in [1.82, 2.24) is 10.3 Å². The predicted molar refractivity (Wildman–Crippen MR) is 68.1 cm³/mol. The summed E-state index contributed by atoms with van der Waals surface area (Å²) in [6.07, 6.45) is 0. The van der Waals surface area contributed by atoms with E-state index in [4.69, 9.17) is 12.2 Å². The third-order valence-corrected chi connectivity index (χ3v) is 2.47. The van der Waals surface area contributed by atoms with Gasteiger partial charge < -0.3 is 5.32 Å². The van der Waals surface area contributed by atoms with Crippen LogP contribution >= 0.6 is 12.2 Å². The Kier molecular flexibility index (Phi) is 4.24. The van der Waals surface area contributed by atoms with Crippen LogP contribution < -0.4 is 5.32 Å². The molecule has 15 heavy (non-hydrogen) atoms. The van der Waals surface area contributed by atoms with Crippen LogP contribution in [0.3, 0.4) is 0 Å². The number of hydrogen-bond donors (Lipinski definition) is 1. The Hall–Kier alpha value is -1.42. The van der Waals surface area contributed by atoms with Gasteiger partial charge in [-0.3, -0.25) is 0 Å². The largest absolute Gasteiger partial charge is 0.364 e. The monoisotopic (exact) mass is 221 g/mol. The summed E-state index contributed by atoms with van der Waals surface area (Å²) >= 11 is 5.05. The van der Waals surface area contributed by atoms with Gasteiger partial charge in [0.1, 0.15) is 0 Å². The second kappa shape index (κ2) is 5.46. The molecule has 0 aliphatic heterocycles. The molecule has 0 heterocycles. The van der Waals surface area contributed by atoms with E-state index in [1.807, 2.05) is 44.3 Å². The van der Waals surface area contributed by atoms with E-state index >= 15 is 0 Å². The highest BCUT2D eigenvalue weighted by molar-refractivity contribution is 7.80. The lowest BCUT2D eigenvalue weighted by Gasteiger charge is -2.14. The zero-order valence-corrected chi connectivity index (χ0v) is 10.0. The standard InChI is InChI=1S/C11H15N3S/c1-9(10-7-5-4-6-8-10)13-14(3)11(15)12-2/h4-8H,1-3H3,(H,12,15). The Morgan fingerprint density at radius 2 is 1.93 bits per heavy atom. The average molecular weight is 221 g/mol. The first-order chi connectivity index (χ1) is 7.15. The van der Waals surface area contributed by atoms with Gasteiger partial charge in [-0.05, 0) is 24.7 Å². The molecule has 0 fully saturated rings. The maximum absolute atomic E-state index is 5.05. The number of nitrogens with one attached hydrogen (secondary N) is 1. The van der Waals surface area contributed by atoms with Crippen molar-refractivity contribution in [2.75, 3.05) is 14.1 Å². The molecule has 4 heteroatoms. The number of hydrogen-bond acceptors (Lipinski definition) is 2. The molecule has 0 amide bonds. The SMILES string of the molecule is CNC(=S)N(C)N=C(C)c1ccccc1. The molecule has 1 rings (SSSR count). The fourth-order valence-corrected chi connectivity index (χ4v) is 1.21. The Bertz CT molecular complexity index is 359. The van der Waals surface area contributed by atoms with Crippen LogP contribution in [0.4, 0.5) is 0 Å². The highest BCUT2D eigenvalue weighted by atomic mass is 32.1. The Morgan fingerprint density at radius 1 is 1.33 bits per heavy atom. The fourth-order valence-electron chi connectivity index (χ4n) is 1.17. The maximum Gasteiger partial charge on any atom is 0.189 e. The molecule has 0 saturated carbocycles. The normalized spacial score (nSPS) is 11.0. The third-order valence-electron chi connectivity index (χ3n) is 2.00. The molecule has 3 nitrogen and oxygen atoms in total. The number of nitrogens with zero attached hydrogens (tertiary/aromatic N) is 2. The molecular weight excluding hydrogens is 206 g/mol. The summed E-state index contributed by atoms with van der Waals surface area (Å²) in [4.78, 5) is 0. The van der Waals surface area contributed by atoms with E-state index in [2.05, 4.69) is 10.4 Å². The lowest BCUT2D eigenvalue weighted by Crippen LogP contribution is -2.31. The van der Waals surface area contributed by atoms with Crippen LogP contribution in [0, 0.1) is 0 Å². The molecule has 0 aromatic heterocycles. The highest BCUT2D eigenvalue weighted by Crippen LogP contribution is 2.01. The third kappa shape index (κ3) is 3.32. The summed E-state index contributed by atoms with van der Waals surface area (Å²) in [6.45, 7) is 1.96. The first-order valence-corrected chi connectivity index (χ1v) is 5.12. The Labute approximate surface area is 95.8 Å². The Morgan fingerprint density at radius 3 is 2.47 bits per heavy atom. The van der Waals surface area contributed by atoms with Crippen molar-refractivity contribution >= 4 is 23.0 Å². The van der Waals surface area contributed by atoms with Crippen molar-refractivity contribution in [3.05, 3.63) is 35.9 Å². The van der Waals surface area contributed by atoms with E-state index in [9.17, 15) is 0 Å².